The highest BCUT2D eigenvalue weighted by Crippen LogP contribution is 2.30. The highest BCUT2D eigenvalue weighted by molar-refractivity contribution is 14.0. The van der Waals surface area contributed by atoms with E-state index in [4.69, 9.17) is 0 Å². The van der Waals surface area contributed by atoms with Crippen LogP contribution in [0.25, 0.3) is 0 Å². The van der Waals surface area contributed by atoms with Gasteiger partial charge in [-0.1, -0.05) is 6.92 Å². The van der Waals surface area contributed by atoms with Gasteiger partial charge >= 0.3 is 15.5 Å². The highest BCUT2D eigenvalue weighted by Gasteiger charge is 2.50. The molecule has 2 aliphatic rings. The Kier molecular flexibility index (Phi) is 10.9. The van der Waals surface area contributed by atoms with E-state index < -0.39 is 15.5 Å². The summed E-state index contributed by atoms with van der Waals surface area (Å²) >= 11 is 0. The maximum absolute atomic E-state index is 12.6. The van der Waals surface area contributed by atoms with Crippen LogP contribution in [0.15, 0.2) is 4.99 Å². The van der Waals surface area contributed by atoms with Gasteiger partial charge in [0.25, 0.3) is 0 Å². The van der Waals surface area contributed by atoms with Crippen molar-refractivity contribution in [1.82, 2.24) is 19.8 Å². The lowest BCUT2D eigenvalue weighted by atomic mass is 9.98. The number of piperidine rings is 2. The summed E-state index contributed by atoms with van der Waals surface area (Å²) in [6, 6.07) is 0. The van der Waals surface area contributed by atoms with E-state index in [2.05, 4.69) is 27.4 Å². The second-order valence-electron chi connectivity index (χ2n) is 7.70. The summed E-state index contributed by atoms with van der Waals surface area (Å²) in [5, 5.41) is 6.46. The molecule has 0 amide bonds. The Morgan fingerprint density at radius 1 is 1.07 bits per heavy atom. The molecule has 0 aliphatic carbocycles. The van der Waals surface area contributed by atoms with Crippen molar-refractivity contribution < 1.29 is 21.6 Å². The molecule has 2 aliphatic heterocycles. The number of alkyl halides is 3. The molecule has 29 heavy (non-hydrogen) atoms. The average molecular weight is 555 g/mol. The standard InChI is InChI=1S/C17H32F3N5O2S.HI/c1-14-3-8-24(9-4-14)12-7-22-16(21-2)23-13-15-5-10-25(11-6-15)28(26,27)17(18,19)20;/h14-15H,3-13H2,1-2H3,(H2,21,22,23);1H. The molecule has 0 aromatic rings. The normalized spacial score (nSPS) is 21.6. The maximum Gasteiger partial charge on any atom is 0.511 e. The molecule has 7 nitrogen and oxygen atoms in total. The summed E-state index contributed by atoms with van der Waals surface area (Å²) in [6.45, 7) is 6.59. The Hall–Kier alpha value is -0.340. The Morgan fingerprint density at radius 3 is 2.17 bits per heavy atom. The van der Waals surface area contributed by atoms with Crippen LogP contribution in [0.4, 0.5) is 13.2 Å². The summed E-state index contributed by atoms with van der Waals surface area (Å²) in [4.78, 5) is 6.60. The largest absolute Gasteiger partial charge is 0.511 e. The molecule has 0 unspecified atom stereocenters. The first kappa shape index (κ1) is 26.7. The fourth-order valence-electron chi connectivity index (χ4n) is 3.58. The molecule has 0 atom stereocenters. The number of nitrogens with zero attached hydrogens (tertiary/aromatic N) is 3. The molecular formula is C17H33F3IN5O2S. The molecule has 2 N–H and O–H groups in total. The van der Waals surface area contributed by atoms with Crippen LogP contribution in [0, 0.1) is 11.8 Å². The van der Waals surface area contributed by atoms with E-state index in [1.807, 2.05) is 0 Å². The van der Waals surface area contributed by atoms with Crippen molar-refractivity contribution >= 4 is 40.0 Å². The van der Waals surface area contributed by atoms with Gasteiger partial charge in [-0.2, -0.15) is 17.5 Å². The third-order valence-corrected chi connectivity index (χ3v) is 7.21. The number of sulfonamides is 1. The van der Waals surface area contributed by atoms with Gasteiger partial charge in [-0.25, -0.2) is 8.42 Å². The Bertz CT molecular complexity index is 617. The number of guanidine groups is 1. The van der Waals surface area contributed by atoms with Crippen LogP contribution in [-0.4, -0.2) is 82.0 Å². The molecule has 172 valence electrons. The van der Waals surface area contributed by atoms with Crippen LogP contribution in [0.1, 0.15) is 32.6 Å². The van der Waals surface area contributed by atoms with E-state index in [-0.39, 0.29) is 43.0 Å². The van der Waals surface area contributed by atoms with E-state index in [1.54, 1.807) is 7.05 Å². The van der Waals surface area contributed by atoms with Crippen molar-refractivity contribution in [1.29, 1.82) is 0 Å². The molecule has 2 rings (SSSR count). The van der Waals surface area contributed by atoms with Gasteiger partial charge in [-0.3, -0.25) is 4.99 Å². The monoisotopic (exact) mass is 555 g/mol. The van der Waals surface area contributed by atoms with Crippen molar-refractivity contribution in [2.45, 2.75) is 38.1 Å². The summed E-state index contributed by atoms with van der Waals surface area (Å²) in [5.41, 5.74) is -5.23. The van der Waals surface area contributed by atoms with Gasteiger partial charge in [-0.05, 0) is 50.6 Å². The van der Waals surface area contributed by atoms with Crippen LogP contribution in [0.5, 0.6) is 0 Å². The molecule has 2 heterocycles. The molecule has 0 saturated carbocycles. The predicted molar refractivity (Wildman–Crippen MR) is 119 cm³/mol. The first-order valence-corrected chi connectivity index (χ1v) is 11.3. The summed E-state index contributed by atoms with van der Waals surface area (Å²) in [5.74, 6) is 1.58. The van der Waals surface area contributed by atoms with Crippen LogP contribution in [0.3, 0.4) is 0 Å². The van der Waals surface area contributed by atoms with Crippen molar-refractivity contribution in [2.75, 3.05) is 52.9 Å². The van der Waals surface area contributed by atoms with Crippen LogP contribution >= 0.6 is 24.0 Å². The van der Waals surface area contributed by atoms with Crippen LogP contribution < -0.4 is 10.6 Å². The van der Waals surface area contributed by atoms with Gasteiger partial charge in [0, 0.05) is 39.8 Å². The average Bonchev–Trinajstić information content (AvgIpc) is 2.65. The van der Waals surface area contributed by atoms with Crippen LogP contribution in [0.2, 0.25) is 0 Å². The minimum Gasteiger partial charge on any atom is -0.356 e. The predicted octanol–water partition coefficient (Wildman–Crippen LogP) is 2.06. The fourth-order valence-corrected chi connectivity index (χ4v) is 4.56. The van der Waals surface area contributed by atoms with Gasteiger partial charge in [0.2, 0.25) is 0 Å². The first-order valence-electron chi connectivity index (χ1n) is 9.86. The summed E-state index contributed by atoms with van der Waals surface area (Å²) in [7, 11) is -3.54. The smallest absolute Gasteiger partial charge is 0.356 e. The number of nitrogens with one attached hydrogen (secondary N) is 2. The number of hydrogen-bond acceptors (Lipinski definition) is 4. The maximum atomic E-state index is 12.6. The molecule has 0 aromatic carbocycles. The number of rotatable bonds is 6. The molecule has 2 saturated heterocycles. The Balaban J connectivity index is 0.00000420. The molecule has 2 fully saturated rings. The second-order valence-corrected chi connectivity index (χ2v) is 9.63. The van der Waals surface area contributed by atoms with Gasteiger partial charge < -0.3 is 15.5 Å². The van der Waals surface area contributed by atoms with Crippen molar-refractivity contribution in [3.8, 4) is 0 Å². The van der Waals surface area contributed by atoms with Gasteiger partial charge in [0.05, 0.1) is 0 Å². The van der Waals surface area contributed by atoms with Crippen molar-refractivity contribution in [3.63, 3.8) is 0 Å². The molecule has 0 bridgehead atoms. The van der Waals surface area contributed by atoms with E-state index in [0.717, 1.165) is 32.1 Å². The SMILES string of the molecule is CN=C(NCCN1CCC(C)CC1)NCC1CCN(S(=O)(=O)C(F)(F)F)CC1.I. The van der Waals surface area contributed by atoms with Gasteiger partial charge in [0.1, 0.15) is 0 Å². The quantitative estimate of drug-likeness (QED) is 0.298. The summed E-state index contributed by atoms with van der Waals surface area (Å²) in [6.07, 6.45) is 3.25. The zero-order valence-corrected chi connectivity index (χ0v) is 20.2. The van der Waals surface area contributed by atoms with E-state index in [9.17, 15) is 21.6 Å². The highest BCUT2D eigenvalue weighted by atomic mass is 127. The first-order chi connectivity index (χ1) is 13.1. The second kappa shape index (κ2) is 11.9. The molecule has 0 spiro atoms. The Labute approximate surface area is 188 Å². The van der Waals surface area contributed by atoms with Gasteiger partial charge in [0.15, 0.2) is 5.96 Å². The van der Waals surface area contributed by atoms with E-state index in [1.165, 1.54) is 12.8 Å². The van der Waals surface area contributed by atoms with E-state index >= 15 is 0 Å². The topological polar surface area (TPSA) is 77.0 Å². The fraction of sp³-hybridized carbons (Fsp3) is 0.941. The molecule has 0 aromatic heterocycles. The lowest BCUT2D eigenvalue weighted by Gasteiger charge is -2.32. The number of halogens is 4. The lowest BCUT2D eigenvalue weighted by Crippen LogP contribution is -2.48. The molecule has 0 radical (unpaired) electrons. The van der Waals surface area contributed by atoms with Crippen molar-refractivity contribution in [3.05, 3.63) is 0 Å². The van der Waals surface area contributed by atoms with Gasteiger partial charge in [-0.15, -0.1) is 24.0 Å². The zero-order chi connectivity index (χ0) is 20.8. The van der Waals surface area contributed by atoms with Crippen molar-refractivity contribution in [2.24, 2.45) is 16.8 Å². The minimum absolute atomic E-state index is 0. The lowest BCUT2D eigenvalue weighted by molar-refractivity contribution is -0.0496. The third kappa shape index (κ3) is 8.02. The van der Waals surface area contributed by atoms with E-state index in [0.29, 0.717) is 29.7 Å². The number of aliphatic imine (C=N–C) groups is 1. The summed E-state index contributed by atoms with van der Waals surface area (Å²) < 4.78 is 61.3. The minimum atomic E-state index is -5.23. The Morgan fingerprint density at radius 2 is 1.66 bits per heavy atom. The number of hydrogen-bond donors (Lipinski definition) is 2. The number of likely N-dealkylation sites (tertiary alicyclic amines) is 1. The third-order valence-electron chi connectivity index (χ3n) is 5.58. The zero-order valence-electron chi connectivity index (χ0n) is 17.0. The molecule has 12 heteroatoms. The van der Waals surface area contributed by atoms with Crippen LogP contribution in [-0.2, 0) is 10.0 Å². The molecular weight excluding hydrogens is 522 g/mol.